The number of amides is 1. The average Bonchev–Trinajstić information content (AvgIpc) is 2.85. The third-order valence-corrected chi connectivity index (χ3v) is 6.16. The van der Waals surface area contributed by atoms with Gasteiger partial charge in [0.2, 0.25) is 5.91 Å². The summed E-state index contributed by atoms with van der Waals surface area (Å²) in [5, 5.41) is 3.59. The number of benzene rings is 4. The van der Waals surface area contributed by atoms with Crippen molar-refractivity contribution in [1.29, 1.82) is 0 Å². The molecule has 166 valence electrons. The summed E-state index contributed by atoms with van der Waals surface area (Å²) in [5.74, 6) is 0.486. The van der Waals surface area contributed by atoms with Crippen molar-refractivity contribution in [3.63, 3.8) is 0 Å². The number of anilines is 1. The molecule has 4 aromatic carbocycles. The second-order valence-corrected chi connectivity index (χ2v) is 8.48. The van der Waals surface area contributed by atoms with Crippen molar-refractivity contribution in [3.05, 3.63) is 131 Å². The first kappa shape index (κ1) is 22.6. The molecule has 0 saturated heterocycles. The average molecular weight is 456 g/mol. The molecule has 4 heteroatoms. The monoisotopic (exact) mass is 455 g/mol. The number of carbonyl (C=O) groups is 1. The number of hydrogen-bond donors (Lipinski definition) is 1. The fraction of sp³-hybridized carbons (Fsp3) is 0.138. The van der Waals surface area contributed by atoms with Crippen molar-refractivity contribution in [3.8, 4) is 5.75 Å². The van der Waals surface area contributed by atoms with Gasteiger partial charge in [-0.1, -0.05) is 103 Å². The maximum absolute atomic E-state index is 14.1. The van der Waals surface area contributed by atoms with Gasteiger partial charge in [0.15, 0.2) is 0 Å². The smallest absolute Gasteiger partial charge is 0.235 e. The first-order valence-electron chi connectivity index (χ1n) is 10.9. The van der Waals surface area contributed by atoms with E-state index in [0.29, 0.717) is 29.3 Å². The maximum Gasteiger partial charge on any atom is 0.235 e. The Balaban J connectivity index is 1.80. The van der Waals surface area contributed by atoms with Gasteiger partial charge in [-0.3, -0.25) is 4.79 Å². The van der Waals surface area contributed by atoms with Crippen molar-refractivity contribution in [2.75, 3.05) is 12.4 Å². The molecule has 0 spiro atoms. The Bertz CT molecular complexity index is 1150. The number of ether oxygens (including phenoxy) is 1. The van der Waals surface area contributed by atoms with Crippen LogP contribution in [-0.4, -0.2) is 13.0 Å². The fourth-order valence-electron chi connectivity index (χ4n) is 4.20. The third-order valence-electron chi connectivity index (χ3n) is 5.87. The van der Waals surface area contributed by atoms with E-state index in [1.807, 2.05) is 72.8 Å². The summed E-state index contributed by atoms with van der Waals surface area (Å²) in [7, 11) is 1.57. The predicted molar refractivity (Wildman–Crippen MR) is 135 cm³/mol. The molecular weight excluding hydrogens is 430 g/mol. The van der Waals surface area contributed by atoms with Gasteiger partial charge in [-0.05, 0) is 47.7 Å². The molecule has 4 aromatic rings. The second kappa shape index (κ2) is 10.4. The van der Waals surface area contributed by atoms with E-state index in [1.54, 1.807) is 19.2 Å². The molecule has 33 heavy (non-hydrogen) atoms. The number of halogens is 1. The minimum Gasteiger partial charge on any atom is -0.495 e. The van der Waals surface area contributed by atoms with Gasteiger partial charge in [0.25, 0.3) is 0 Å². The van der Waals surface area contributed by atoms with E-state index in [0.717, 1.165) is 16.7 Å². The van der Waals surface area contributed by atoms with Gasteiger partial charge in [0.05, 0.1) is 17.5 Å². The molecule has 4 rings (SSSR count). The fourth-order valence-corrected chi connectivity index (χ4v) is 4.46. The summed E-state index contributed by atoms with van der Waals surface area (Å²) in [6.45, 7) is 0. The lowest BCUT2D eigenvalue weighted by molar-refractivity contribution is -0.121. The number of carbonyl (C=O) groups excluding carboxylic acids is 1. The molecule has 0 aliphatic carbocycles. The van der Waals surface area contributed by atoms with E-state index in [-0.39, 0.29) is 5.91 Å². The van der Waals surface area contributed by atoms with Crippen LogP contribution in [0.25, 0.3) is 0 Å². The standard InChI is InChI=1S/C29H26ClNO2/c1-33-27-18-17-25(19-26(27)30)31-28(32)29(24-15-9-4-10-16-24,20-22-11-5-2-6-12-22)21-23-13-7-3-8-14-23/h2-19H,20-21H2,1H3,(H,31,32). The Labute approximate surface area is 200 Å². The van der Waals surface area contributed by atoms with Crippen LogP contribution in [0.1, 0.15) is 16.7 Å². The molecule has 0 aromatic heterocycles. The Morgan fingerprint density at radius 2 is 1.30 bits per heavy atom. The van der Waals surface area contributed by atoms with Crippen LogP contribution in [0.4, 0.5) is 5.69 Å². The summed E-state index contributed by atoms with van der Waals surface area (Å²) < 4.78 is 5.25. The SMILES string of the molecule is COc1ccc(NC(=O)C(Cc2ccccc2)(Cc2ccccc2)c2ccccc2)cc1Cl. The zero-order chi connectivity index (χ0) is 23.1. The van der Waals surface area contributed by atoms with E-state index in [1.165, 1.54) is 0 Å². The lowest BCUT2D eigenvalue weighted by atomic mass is 9.70. The molecule has 0 heterocycles. The van der Waals surface area contributed by atoms with Crippen molar-refractivity contribution in [2.45, 2.75) is 18.3 Å². The van der Waals surface area contributed by atoms with Crippen LogP contribution in [0, 0.1) is 0 Å². The summed E-state index contributed by atoms with van der Waals surface area (Å²) >= 11 is 6.33. The first-order chi connectivity index (χ1) is 16.1. The van der Waals surface area contributed by atoms with Crippen molar-refractivity contribution in [1.82, 2.24) is 0 Å². The van der Waals surface area contributed by atoms with Crippen LogP contribution in [0.2, 0.25) is 5.02 Å². The molecule has 3 nitrogen and oxygen atoms in total. The zero-order valence-electron chi connectivity index (χ0n) is 18.5. The molecular formula is C29H26ClNO2. The summed E-state index contributed by atoms with van der Waals surface area (Å²) in [5.41, 5.74) is 2.97. The minimum absolute atomic E-state index is 0.0809. The second-order valence-electron chi connectivity index (χ2n) is 8.08. The van der Waals surface area contributed by atoms with Crippen molar-refractivity contribution < 1.29 is 9.53 Å². The first-order valence-corrected chi connectivity index (χ1v) is 11.3. The van der Waals surface area contributed by atoms with Gasteiger partial charge in [-0.25, -0.2) is 0 Å². The number of rotatable bonds is 8. The predicted octanol–water partition coefficient (Wildman–Crippen LogP) is 6.71. The summed E-state index contributed by atoms with van der Waals surface area (Å²) in [4.78, 5) is 14.1. The lowest BCUT2D eigenvalue weighted by Crippen LogP contribution is -2.44. The Kier molecular flexibility index (Phi) is 7.11. The number of hydrogen-bond acceptors (Lipinski definition) is 2. The molecule has 0 unspecified atom stereocenters. The van der Waals surface area contributed by atoms with E-state index in [2.05, 4.69) is 29.6 Å². The minimum atomic E-state index is -0.823. The molecule has 1 amide bonds. The molecule has 0 saturated carbocycles. The van der Waals surface area contributed by atoms with Crippen LogP contribution < -0.4 is 10.1 Å². The normalized spacial score (nSPS) is 11.1. The number of nitrogens with one attached hydrogen (secondary N) is 1. The van der Waals surface area contributed by atoms with E-state index < -0.39 is 5.41 Å². The van der Waals surface area contributed by atoms with Crippen LogP contribution in [0.15, 0.2) is 109 Å². The highest BCUT2D eigenvalue weighted by atomic mass is 35.5. The Morgan fingerprint density at radius 1 is 0.788 bits per heavy atom. The van der Waals surface area contributed by atoms with Gasteiger partial charge in [-0.2, -0.15) is 0 Å². The van der Waals surface area contributed by atoms with Gasteiger partial charge in [0.1, 0.15) is 5.75 Å². The van der Waals surface area contributed by atoms with Crippen LogP contribution >= 0.6 is 11.6 Å². The Morgan fingerprint density at radius 3 is 1.79 bits per heavy atom. The third kappa shape index (κ3) is 5.27. The molecule has 0 radical (unpaired) electrons. The van der Waals surface area contributed by atoms with Crippen LogP contribution in [0.3, 0.4) is 0 Å². The van der Waals surface area contributed by atoms with Gasteiger partial charge >= 0.3 is 0 Å². The van der Waals surface area contributed by atoms with Crippen molar-refractivity contribution in [2.24, 2.45) is 0 Å². The Hall–Kier alpha value is -3.56. The molecule has 0 bridgehead atoms. The van der Waals surface area contributed by atoms with Gasteiger partial charge in [-0.15, -0.1) is 0 Å². The van der Waals surface area contributed by atoms with Crippen molar-refractivity contribution >= 4 is 23.2 Å². The molecule has 0 aliphatic rings. The van der Waals surface area contributed by atoms with Crippen LogP contribution in [0.5, 0.6) is 5.75 Å². The highest BCUT2D eigenvalue weighted by Crippen LogP contribution is 2.35. The molecule has 1 N–H and O–H groups in total. The van der Waals surface area contributed by atoms with Crippen LogP contribution in [-0.2, 0) is 23.1 Å². The summed E-state index contributed by atoms with van der Waals surface area (Å²) in [6.07, 6.45) is 1.12. The van der Waals surface area contributed by atoms with E-state index in [4.69, 9.17) is 16.3 Å². The van der Waals surface area contributed by atoms with Gasteiger partial charge in [0, 0.05) is 5.69 Å². The topological polar surface area (TPSA) is 38.3 Å². The molecule has 0 aliphatic heterocycles. The molecule has 0 atom stereocenters. The largest absolute Gasteiger partial charge is 0.495 e. The highest BCUT2D eigenvalue weighted by Gasteiger charge is 2.40. The van der Waals surface area contributed by atoms with E-state index >= 15 is 0 Å². The quantitative estimate of drug-likeness (QED) is 0.320. The number of methoxy groups -OCH3 is 1. The highest BCUT2D eigenvalue weighted by molar-refractivity contribution is 6.32. The zero-order valence-corrected chi connectivity index (χ0v) is 19.3. The van der Waals surface area contributed by atoms with Gasteiger partial charge < -0.3 is 10.1 Å². The maximum atomic E-state index is 14.1. The molecule has 0 fully saturated rings. The summed E-state index contributed by atoms with van der Waals surface area (Å²) in [6, 6.07) is 35.6. The lowest BCUT2D eigenvalue weighted by Gasteiger charge is -2.34. The van der Waals surface area contributed by atoms with E-state index in [9.17, 15) is 4.79 Å².